The van der Waals surface area contributed by atoms with Crippen LogP contribution >= 0.6 is 0 Å². The lowest BCUT2D eigenvalue weighted by Gasteiger charge is -2.21. The van der Waals surface area contributed by atoms with E-state index < -0.39 is 0 Å². The SMILES string of the molecule is CCCn1nc(C)c(N)c1N(C)CC(=O)NCC(C)C. The Kier molecular flexibility index (Phi) is 5.85. The van der Waals surface area contributed by atoms with Crippen molar-refractivity contribution in [2.75, 3.05) is 30.8 Å². The van der Waals surface area contributed by atoms with Gasteiger partial charge in [0.05, 0.1) is 17.9 Å². The zero-order chi connectivity index (χ0) is 15.3. The second-order valence-corrected chi connectivity index (χ2v) is 5.60. The molecule has 1 aromatic rings. The highest BCUT2D eigenvalue weighted by atomic mass is 16.2. The molecule has 0 unspecified atom stereocenters. The first kappa shape index (κ1) is 16.3. The summed E-state index contributed by atoms with van der Waals surface area (Å²) in [5, 5.41) is 7.33. The molecular weight excluding hydrogens is 254 g/mol. The molecule has 0 bridgehead atoms. The normalized spacial score (nSPS) is 10.9. The maximum atomic E-state index is 11.9. The van der Waals surface area contributed by atoms with E-state index >= 15 is 0 Å². The van der Waals surface area contributed by atoms with E-state index in [2.05, 4.69) is 31.2 Å². The third kappa shape index (κ3) is 4.15. The van der Waals surface area contributed by atoms with E-state index in [4.69, 9.17) is 5.73 Å². The lowest BCUT2D eigenvalue weighted by molar-refractivity contribution is -0.119. The Morgan fingerprint density at radius 3 is 2.70 bits per heavy atom. The van der Waals surface area contributed by atoms with Crippen LogP contribution in [0.4, 0.5) is 11.5 Å². The van der Waals surface area contributed by atoms with Crippen molar-refractivity contribution in [1.29, 1.82) is 0 Å². The Morgan fingerprint density at radius 1 is 1.50 bits per heavy atom. The third-order valence-corrected chi connectivity index (χ3v) is 3.03. The Bertz CT molecular complexity index is 453. The van der Waals surface area contributed by atoms with Gasteiger partial charge in [-0.05, 0) is 19.3 Å². The Labute approximate surface area is 121 Å². The summed E-state index contributed by atoms with van der Waals surface area (Å²) in [5.41, 5.74) is 7.53. The molecule has 20 heavy (non-hydrogen) atoms. The van der Waals surface area contributed by atoms with Gasteiger partial charge >= 0.3 is 0 Å². The fourth-order valence-corrected chi connectivity index (χ4v) is 2.02. The average Bonchev–Trinajstić information content (AvgIpc) is 2.63. The minimum absolute atomic E-state index is 0.00232. The van der Waals surface area contributed by atoms with Gasteiger partial charge in [0.25, 0.3) is 0 Å². The highest BCUT2D eigenvalue weighted by Gasteiger charge is 2.18. The molecule has 0 saturated heterocycles. The molecule has 6 heteroatoms. The zero-order valence-corrected chi connectivity index (χ0v) is 13.2. The summed E-state index contributed by atoms with van der Waals surface area (Å²) in [5.74, 6) is 1.27. The van der Waals surface area contributed by atoms with Gasteiger partial charge in [0.15, 0.2) is 5.82 Å². The van der Waals surface area contributed by atoms with Crippen LogP contribution in [0.2, 0.25) is 0 Å². The molecule has 6 nitrogen and oxygen atoms in total. The van der Waals surface area contributed by atoms with E-state index in [1.54, 1.807) is 0 Å². The van der Waals surface area contributed by atoms with Gasteiger partial charge in [-0.3, -0.25) is 4.79 Å². The van der Waals surface area contributed by atoms with Gasteiger partial charge in [-0.1, -0.05) is 20.8 Å². The number of likely N-dealkylation sites (N-methyl/N-ethyl adjacent to an activating group) is 1. The number of nitrogens with zero attached hydrogens (tertiary/aromatic N) is 3. The summed E-state index contributed by atoms with van der Waals surface area (Å²) in [6, 6.07) is 0. The highest BCUT2D eigenvalue weighted by molar-refractivity contribution is 5.82. The first-order valence-electron chi connectivity index (χ1n) is 7.17. The molecule has 0 saturated carbocycles. The van der Waals surface area contributed by atoms with Crippen molar-refractivity contribution in [1.82, 2.24) is 15.1 Å². The van der Waals surface area contributed by atoms with E-state index in [-0.39, 0.29) is 12.5 Å². The molecule has 0 radical (unpaired) electrons. The number of hydrogen-bond acceptors (Lipinski definition) is 4. The minimum Gasteiger partial charge on any atom is -0.394 e. The van der Waals surface area contributed by atoms with Crippen LogP contribution in [0.15, 0.2) is 0 Å². The van der Waals surface area contributed by atoms with Gasteiger partial charge in [0, 0.05) is 20.1 Å². The second kappa shape index (κ2) is 7.17. The van der Waals surface area contributed by atoms with Crippen molar-refractivity contribution in [3.05, 3.63) is 5.69 Å². The molecule has 114 valence electrons. The molecule has 0 spiro atoms. The minimum atomic E-state index is 0.00232. The molecule has 0 aliphatic heterocycles. The summed E-state index contributed by atoms with van der Waals surface area (Å²) in [4.78, 5) is 13.8. The van der Waals surface area contributed by atoms with Gasteiger partial charge in [0.2, 0.25) is 5.91 Å². The van der Waals surface area contributed by atoms with Crippen molar-refractivity contribution in [3.63, 3.8) is 0 Å². The highest BCUT2D eigenvalue weighted by Crippen LogP contribution is 2.25. The number of carbonyl (C=O) groups is 1. The van der Waals surface area contributed by atoms with Gasteiger partial charge in [0.1, 0.15) is 0 Å². The number of nitrogen functional groups attached to an aromatic ring is 1. The number of rotatable bonds is 7. The van der Waals surface area contributed by atoms with E-state index in [0.29, 0.717) is 18.2 Å². The van der Waals surface area contributed by atoms with E-state index in [1.165, 1.54) is 0 Å². The quantitative estimate of drug-likeness (QED) is 0.792. The van der Waals surface area contributed by atoms with Crippen LogP contribution in [0.5, 0.6) is 0 Å². The average molecular weight is 281 g/mol. The van der Waals surface area contributed by atoms with Crippen molar-refractivity contribution < 1.29 is 4.79 Å². The fraction of sp³-hybridized carbons (Fsp3) is 0.714. The number of anilines is 2. The molecular formula is C14H27N5O. The van der Waals surface area contributed by atoms with Gasteiger partial charge < -0.3 is 16.0 Å². The molecule has 0 fully saturated rings. The molecule has 0 aliphatic carbocycles. The monoisotopic (exact) mass is 281 g/mol. The number of aromatic nitrogens is 2. The molecule has 0 aromatic carbocycles. The Balaban J connectivity index is 2.76. The van der Waals surface area contributed by atoms with Crippen LogP contribution in [-0.2, 0) is 11.3 Å². The molecule has 0 atom stereocenters. The van der Waals surface area contributed by atoms with E-state index in [1.807, 2.05) is 23.6 Å². The topological polar surface area (TPSA) is 76.2 Å². The fourth-order valence-electron chi connectivity index (χ4n) is 2.02. The standard InChI is InChI=1S/C14H27N5O/c1-6-7-19-14(13(15)11(4)17-19)18(5)9-12(20)16-8-10(2)3/h10H,6-9,15H2,1-5H3,(H,16,20). The molecule has 3 N–H and O–H groups in total. The lowest BCUT2D eigenvalue weighted by Crippen LogP contribution is -2.37. The van der Waals surface area contributed by atoms with Crippen LogP contribution < -0.4 is 16.0 Å². The Morgan fingerprint density at radius 2 is 2.15 bits per heavy atom. The zero-order valence-electron chi connectivity index (χ0n) is 13.2. The smallest absolute Gasteiger partial charge is 0.239 e. The lowest BCUT2D eigenvalue weighted by atomic mass is 10.2. The maximum absolute atomic E-state index is 11.9. The maximum Gasteiger partial charge on any atom is 0.239 e. The number of aryl methyl sites for hydroxylation is 2. The second-order valence-electron chi connectivity index (χ2n) is 5.60. The number of nitrogens with one attached hydrogen (secondary N) is 1. The van der Waals surface area contributed by atoms with Crippen LogP contribution in [-0.4, -0.2) is 35.8 Å². The van der Waals surface area contributed by atoms with Crippen LogP contribution in [0.3, 0.4) is 0 Å². The molecule has 0 aliphatic rings. The largest absolute Gasteiger partial charge is 0.394 e. The summed E-state index contributed by atoms with van der Waals surface area (Å²) < 4.78 is 1.88. The van der Waals surface area contributed by atoms with Gasteiger partial charge in [-0.25, -0.2) is 4.68 Å². The van der Waals surface area contributed by atoms with Crippen molar-refractivity contribution >= 4 is 17.4 Å². The van der Waals surface area contributed by atoms with Gasteiger partial charge in [-0.15, -0.1) is 0 Å². The summed E-state index contributed by atoms with van der Waals surface area (Å²) in [7, 11) is 1.87. The summed E-state index contributed by atoms with van der Waals surface area (Å²) in [6.07, 6.45) is 0.973. The van der Waals surface area contributed by atoms with Crippen LogP contribution in [0.25, 0.3) is 0 Å². The molecule has 1 aromatic heterocycles. The van der Waals surface area contributed by atoms with Crippen molar-refractivity contribution in [2.45, 2.75) is 40.7 Å². The van der Waals surface area contributed by atoms with Crippen LogP contribution in [0, 0.1) is 12.8 Å². The van der Waals surface area contributed by atoms with Crippen molar-refractivity contribution in [3.8, 4) is 0 Å². The third-order valence-electron chi connectivity index (χ3n) is 3.03. The van der Waals surface area contributed by atoms with Crippen molar-refractivity contribution in [2.24, 2.45) is 5.92 Å². The first-order valence-corrected chi connectivity index (χ1v) is 7.17. The number of nitrogens with two attached hydrogens (primary N) is 1. The molecule has 1 rings (SSSR count). The predicted octanol–water partition coefficient (Wildman–Crippen LogP) is 1.39. The summed E-state index contributed by atoms with van der Waals surface area (Å²) >= 11 is 0. The van der Waals surface area contributed by atoms with Gasteiger partial charge in [-0.2, -0.15) is 5.10 Å². The molecule has 1 heterocycles. The first-order chi connectivity index (χ1) is 9.36. The van der Waals surface area contributed by atoms with Crippen LogP contribution in [0.1, 0.15) is 32.9 Å². The number of hydrogen-bond donors (Lipinski definition) is 2. The number of carbonyl (C=O) groups excluding carboxylic acids is 1. The Hall–Kier alpha value is -1.72. The summed E-state index contributed by atoms with van der Waals surface area (Å²) in [6.45, 7) is 9.89. The van der Waals surface area contributed by atoms with E-state index in [0.717, 1.165) is 24.5 Å². The van der Waals surface area contributed by atoms with E-state index in [9.17, 15) is 4.79 Å². The number of amides is 1. The molecule has 1 amide bonds. The predicted molar refractivity (Wildman–Crippen MR) is 82.8 cm³/mol.